The van der Waals surface area contributed by atoms with Crippen molar-refractivity contribution in [2.75, 3.05) is 33.3 Å². The first-order valence-electron chi connectivity index (χ1n) is 11.7. The van der Waals surface area contributed by atoms with Crippen LogP contribution in [-0.2, 0) is 38.5 Å². The average molecular weight is 491 g/mol. The monoisotopic (exact) mass is 490 g/mol. The highest BCUT2D eigenvalue weighted by Crippen LogP contribution is 2.22. The SMILES string of the molecule is COC(=O)C1CN(C(=O)Cc2ccc(-n3cnnn3)cc2)CCN1CCc1ccc2c(c1)COC2=O. The van der Waals surface area contributed by atoms with Crippen molar-refractivity contribution < 1.29 is 23.9 Å². The van der Waals surface area contributed by atoms with Crippen molar-refractivity contribution >= 4 is 17.8 Å². The molecule has 1 unspecified atom stereocenters. The summed E-state index contributed by atoms with van der Waals surface area (Å²) in [5.74, 6) is -0.681. The van der Waals surface area contributed by atoms with Gasteiger partial charge in [-0.25, -0.2) is 9.48 Å². The molecular weight excluding hydrogens is 464 g/mol. The summed E-state index contributed by atoms with van der Waals surface area (Å²) in [5, 5.41) is 11.1. The van der Waals surface area contributed by atoms with Crippen LogP contribution < -0.4 is 0 Å². The number of carbonyl (C=O) groups is 3. The maximum Gasteiger partial charge on any atom is 0.338 e. The maximum atomic E-state index is 13.0. The van der Waals surface area contributed by atoms with Gasteiger partial charge in [0.25, 0.3) is 0 Å². The number of ether oxygens (including phenoxy) is 2. The minimum atomic E-state index is -0.533. The Morgan fingerprint density at radius 2 is 1.92 bits per heavy atom. The van der Waals surface area contributed by atoms with E-state index >= 15 is 0 Å². The highest BCUT2D eigenvalue weighted by Gasteiger charge is 2.34. The maximum absolute atomic E-state index is 13.0. The fourth-order valence-electron chi connectivity index (χ4n) is 4.62. The minimum absolute atomic E-state index is 0.0398. The van der Waals surface area contributed by atoms with Crippen LogP contribution >= 0.6 is 0 Å². The van der Waals surface area contributed by atoms with Crippen molar-refractivity contribution in [3.05, 3.63) is 71.0 Å². The molecule has 0 N–H and O–H groups in total. The van der Waals surface area contributed by atoms with Crippen LogP contribution in [0.1, 0.15) is 27.0 Å². The summed E-state index contributed by atoms with van der Waals surface area (Å²) in [6.07, 6.45) is 2.45. The number of benzene rings is 2. The Balaban J connectivity index is 1.19. The zero-order valence-corrected chi connectivity index (χ0v) is 19.9. The third kappa shape index (κ3) is 4.96. The lowest BCUT2D eigenvalue weighted by molar-refractivity contribution is -0.151. The zero-order valence-electron chi connectivity index (χ0n) is 19.9. The van der Waals surface area contributed by atoms with Gasteiger partial charge in [0.1, 0.15) is 19.0 Å². The number of carbonyl (C=O) groups excluding carboxylic acids is 3. The highest BCUT2D eigenvalue weighted by atomic mass is 16.5. The van der Waals surface area contributed by atoms with E-state index in [4.69, 9.17) is 9.47 Å². The molecule has 1 saturated heterocycles. The van der Waals surface area contributed by atoms with Crippen molar-refractivity contribution in [1.82, 2.24) is 30.0 Å². The fourth-order valence-corrected chi connectivity index (χ4v) is 4.62. The van der Waals surface area contributed by atoms with Gasteiger partial charge in [0, 0.05) is 31.7 Å². The van der Waals surface area contributed by atoms with Gasteiger partial charge in [-0.05, 0) is 46.2 Å². The molecule has 0 spiro atoms. The molecule has 2 aliphatic rings. The molecule has 1 aromatic heterocycles. The standard InChI is InChI=1S/C25H26N6O5/c1-35-25(34)22-14-30(23(32)13-17-2-5-20(6-3-17)31-16-26-27-28-31)11-10-29(22)9-8-18-4-7-21-19(12-18)15-36-24(21)33/h2-7,12,16,22H,8-11,13-15H2,1H3. The third-order valence-electron chi connectivity index (χ3n) is 6.66. The fraction of sp³-hybridized carbons (Fsp3) is 0.360. The molecule has 11 nitrogen and oxygen atoms in total. The molecule has 1 fully saturated rings. The Kier molecular flexibility index (Phi) is 6.72. The smallest absolute Gasteiger partial charge is 0.338 e. The predicted octanol–water partition coefficient (Wildman–Crippen LogP) is 0.804. The average Bonchev–Trinajstić information content (AvgIpc) is 3.57. The summed E-state index contributed by atoms with van der Waals surface area (Å²) >= 11 is 0. The van der Waals surface area contributed by atoms with Crippen LogP contribution in [0.15, 0.2) is 48.8 Å². The quantitative estimate of drug-likeness (QED) is 0.443. The molecule has 1 atom stereocenters. The second-order valence-electron chi connectivity index (χ2n) is 8.83. The molecule has 11 heteroatoms. The van der Waals surface area contributed by atoms with E-state index in [0.29, 0.717) is 38.2 Å². The first-order chi connectivity index (χ1) is 17.5. The van der Waals surface area contributed by atoms with Gasteiger partial charge in [0.05, 0.1) is 24.8 Å². The van der Waals surface area contributed by atoms with Gasteiger partial charge >= 0.3 is 11.9 Å². The summed E-state index contributed by atoms with van der Waals surface area (Å²) < 4.78 is 11.7. The van der Waals surface area contributed by atoms with Crippen molar-refractivity contribution in [2.45, 2.75) is 25.5 Å². The number of cyclic esters (lactones) is 1. The molecule has 2 aliphatic heterocycles. The molecule has 3 aromatic rings. The van der Waals surface area contributed by atoms with E-state index in [0.717, 1.165) is 22.4 Å². The van der Waals surface area contributed by atoms with Crippen LogP contribution in [0.5, 0.6) is 0 Å². The summed E-state index contributed by atoms with van der Waals surface area (Å²) in [4.78, 5) is 41.1. The molecule has 0 bridgehead atoms. The summed E-state index contributed by atoms with van der Waals surface area (Å²) in [5.41, 5.74) is 4.25. The summed E-state index contributed by atoms with van der Waals surface area (Å²) in [7, 11) is 1.37. The number of nitrogens with zero attached hydrogens (tertiary/aromatic N) is 6. The Labute approximate surface area is 207 Å². The third-order valence-corrected chi connectivity index (χ3v) is 6.66. The Bertz CT molecular complexity index is 1260. The number of hydrogen-bond acceptors (Lipinski definition) is 9. The predicted molar refractivity (Wildman–Crippen MR) is 126 cm³/mol. The number of esters is 2. The highest BCUT2D eigenvalue weighted by molar-refractivity contribution is 5.93. The van der Waals surface area contributed by atoms with E-state index in [1.807, 2.05) is 36.4 Å². The van der Waals surface area contributed by atoms with E-state index in [-0.39, 0.29) is 30.8 Å². The number of tetrazole rings is 1. The van der Waals surface area contributed by atoms with Crippen LogP contribution in [0.3, 0.4) is 0 Å². The number of aromatic nitrogens is 4. The normalized spacial score (nSPS) is 17.5. The molecule has 36 heavy (non-hydrogen) atoms. The zero-order chi connectivity index (χ0) is 25.1. The second kappa shape index (κ2) is 10.2. The lowest BCUT2D eigenvalue weighted by Gasteiger charge is -2.40. The van der Waals surface area contributed by atoms with Gasteiger partial charge in [0.2, 0.25) is 5.91 Å². The van der Waals surface area contributed by atoms with Gasteiger partial charge in [-0.3, -0.25) is 14.5 Å². The molecule has 2 aromatic carbocycles. The number of amides is 1. The first-order valence-corrected chi connectivity index (χ1v) is 11.7. The van der Waals surface area contributed by atoms with Gasteiger partial charge < -0.3 is 14.4 Å². The number of hydrogen-bond donors (Lipinski definition) is 0. The molecule has 0 radical (unpaired) electrons. The Morgan fingerprint density at radius 3 is 2.67 bits per heavy atom. The Hall–Kier alpha value is -4.12. The van der Waals surface area contributed by atoms with Crippen LogP contribution in [0, 0.1) is 0 Å². The van der Waals surface area contributed by atoms with Gasteiger partial charge in [-0.2, -0.15) is 0 Å². The van der Waals surface area contributed by atoms with Crippen molar-refractivity contribution in [1.29, 1.82) is 0 Å². The molecule has 0 aliphatic carbocycles. The Morgan fingerprint density at radius 1 is 1.11 bits per heavy atom. The molecule has 5 rings (SSSR count). The second-order valence-corrected chi connectivity index (χ2v) is 8.83. The number of rotatable bonds is 7. The van der Waals surface area contributed by atoms with Gasteiger partial charge in [-0.1, -0.05) is 24.3 Å². The van der Waals surface area contributed by atoms with Crippen molar-refractivity contribution in [3.8, 4) is 5.69 Å². The minimum Gasteiger partial charge on any atom is -0.468 e. The van der Waals surface area contributed by atoms with E-state index in [9.17, 15) is 14.4 Å². The topological polar surface area (TPSA) is 120 Å². The van der Waals surface area contributed by atoms with E-state index < -0.39 is 6.04 Å². The van der Waals surface area contributed by atoms with Crippen LogP contribution in [0.4, 0.5) is 0 Å². The van der Waals surface area contributed by atoms with E-state index in [1.165, 1.54) is 13.4 Å². The summed E-state index contributed by atoms with van der Waals surface area (Å²) in [6.45, 7) is 2.31. The lowest BCUT2D eigenvalue weighted by Crippen LogP contribution is -2.58. The van der Waals surface area contributed by atoms with Gasteiger partial charge in [-0.15, -0.1) is 5.10 Å². The van der Waals surface area contributed by atoms with Crippen LogP contribution in [0.25, 0.3) is 5.69 Å². The molecule has 3 heterocycles. The largest absolute Gasteiger partial charge is 0.468 e. The van der Waals surface area contributed by atoms with Crippen molar-refractivity contribution in [3.63, 3.8) is 0 Å². The van der Waals surface area contributed by atoms with Crippen LogP contribution in [-0.4, -0.2) is 87.2 Å². The number of methoxy groups -OCH3 is 1. The molecule has 0 saturated carbocycles. The molecule has 1 amide bonds. The first kappa shape index (κ1) is 23.6. The van der Waals surface area contributed by atoms with E-state index in [1.54, 1.807) is 15.6 Å². The number of piperazine rings is 1. The lowest BCUT2D eigenvalue weighted by atomic mass is 10.0. The van der Waals surface area contributed by atoms with E-state index in [2.05, 4.69) is 20.4 Å². The summed E-state index contributed by atoms with van der Waals surface area (Å²) in [6, 6.07) is 12.6. The molecule has 186 valence electrons. The van der Waals surface area contributed by atoms with Gasteiger partial charge in [0.15, 0.2) is 0 Å². The molecular formula is C25H26N6O5. The van der Waals surface area contributed by atoms with Crippen LogP contribution in [0.2, 0.25) is 0 Å². The van der Waals surface area contributed by atoms with Crippen molar-refractivity contribution in [2.24, 2.45) is 0 Å². The number of fused-ring (bicyclic) bond motifs is 1.